The molecule has 2 amide bonds. The number of carbonyl (C=O) groups excluding carboxylic acids is 2. The number of nitrogens with zero attached hydrogens (tertiary/aromatic N) is 2. The Bertz CT molecular complexity index is 1520. The molecule has 0 spiro atoms. The molecule has 1 aliphatic rings. The molecule has 0 radical (unpaired) electrons. The largest absolute Gasteiger partial charge is 0.481 e. The van der Waals surface area contributed by atoms with Crippen LogP contribution in [-0.4, -0.2) is 49.4 Å². The SMILES string of the molecule is C/C(=N/NC(=O)C1CCN(S(=O)(=O)c2ccccc2)CC1)c1ccc(NC(=O)[C@@H](C)Oc2ccc(Cl)cc2C)cc1. The number of amides is 2. The lowest BCUT2D eigenvalue weighted by Crippen LogP contribution is -2.42. The van der Waals surface area contributed by atoms with Crippen LogP contribution in [0.3, 0.4) is 0 Å². The fraction of sp³-hybridized carbons (Fsp3) is 0.300. The Kier molecular flexibility index (Phi) is 9.80. The number of piperidine rings is 1. The van der Waals surface area contributed by atoms with Crippen LogP contribution in [0, 0.1) is 12.8 Å². The highest BCUT2D eigenvalue weighted by Crippen LogP contribution is 2.25. The van der Waals surface area contributed by atoms with E-state index in [2.05, 4.69) is 15.8 Å². The van der Waals surface area contributed by atoms with Crippen molar-refractivity contribution in [1.82, 2.24) is 9.73 Å². The lowest BCUT2D eigenvalue weighted by Gasteiger charge is -2.30. The first-order valence-electron chi connectivity index (χ1n) is 13.3. The van der Waals surface area contributed by atoms with Crippen molar-refractivity contribution in [2.75, 3.05) is 18.4 Å². The first-order chi connectivity index (χ1) is 19.5. The highest BCUT2D eigenvalue weighted by Gasteiger charge is 2.32. The number of hydrogen-bond acceptors (Lipinski definition) is 6. The number of benzene rings is 3. The number of carbonyl (C=O) groups is 2. The van der Waals surface area contributed by atoms with Crippen LogP contribution < -0.4 is 15.5 Å². The van der Waals surface area contributed by atoms with Crippen LogP contribution in [0.5, 0.6) is 5.75 Å². The van der Waals surface area contributed by atoms with Gasteiger partial charge in [0.15, 0.2) is 6.10 Å². The third-order valence-electron chi connectivity index (χ3n) is 6.92. The number of aryl methyl sites for hydroxylation is 1. The van der Waals surface area contributed by atoms with E-state index in [0.29, 0.717) is 35.0 Å². The van der Waals surface area contributed by atoms with E-state index in [4.69, 9.17) is 16.3 Å². The molecule has 0 aromatic heterocycles. The summed E-state index contributed by atoms with van der Waals surface area (Å²) in [6, 6.07) is 20.6. The maximum Gasteiger partial charge on any atom is 0.265 e. The predicted octanol–water partition coefficient (Wildman–Crippen LogP) is 5.00. The standard InChI is InChI=1S/C30H33ClN4O5S/c1-20-19-25(31)11-14-28(20)40-22(3)29(36)32-26-12-9-23(10-13-26)21(2)33-34-30(37)24-15-17-35(18-16-24)41(38,39)27-7-5-4-6-8-27/h4-14,19,22,24H,15-18H2,1-3H3,(H,32,36)(H,34,37)/b33-21-/t22-/m1/s1. The summed E-state index contributed by atoms with van der Waals surface area (Å²) in [5.74, 6) is -0.279. The molecule has 1 heterocycles. The van der Waals surface area contributed by atoms with E-state index in [1.807, 2.05) is 6.92 Å². The molecule has 3 aromatic carbocycles. The van der Waals surface area contributed by atoms with Crippen molar-refractivity contribution in [3.8, 4) is 5.75 Å². The van der Waals surface area contributed by atoms with Gasteiger partial charge in [-0.2, -0.15) is 9.41 Å². The lowest BCUT2D eigenvalue weighted by molar-refractivity contribution is -0.126. The number of halogens is 1. The molecule has 1 saturated heterocycles. The maximum absolute atomic E-state index is 12.8. The quantitative estimate of drug-likeness (QED) is 0.266. The second kappa shape index (κ2) is 13.3. The summed E-state index contributed by atoms with van der Waals surface area (Å²) >= 11 is 5.98. The summed E-state index contributed by atoms with van der Waals surface area (Å²) in [5.41, 5.74) is 5.41. The van der Waals surface area contributed by atoms with Crippen LogP contribution in [0.25, 0.3) is 0 Å². The van der Waals surface area contributed by atoms with E-state index < -0.39 is 16.1 Å². The van der Waals surface area contributed by atoms with Crippen molar-refractivity contribution >= 4 is 44.8 Å². The molecule has 4 rings (SSSR count). The van der Waals surface area contributed by atoms with Crippen LogP contribution in [-0.2, 0) is 19.6 Å². The zero-order valence-electron chi connectivity index (χ0n) is 23.1. The lowest BCUT2D eigenvalue weighted by atomic mass is 9.98. The van der Waals surface area contributed by atoms with E-state index in [0.717, 1.165) is 11.1 Å². The van der Waals surface area contributed by atoms with Crippen molar-refractivity contribution in [3.63, 3.8) is 0 Å². The Morgan fingerprint density at radius 2 is 1.68 bits per heavy atom. The van der Waals surface area contributed by atoms with Gasteiger partial charge in [0.2, 0.25) is 15.9 Å². The van der Waals surface area contributed by atoms with Crippen molar-refractivity contribution < 1.29 is 22.7 Å². The average molecular weight is 597 g/mol. The van der Waals surface area contributed by atoms with Crippen LogP contribution in [0.4, 0.5) is 5.69 Å². The van der Waals surface area contributed by atoms with Gasteiger partial charge in [-0.25, -0.2) is 13.8 Å². The monoisotopic (exact) mass is 596 g/mol. The zero-order chi connectivity index (χ0) is 29.6. The molecule has 1 fully saturated rings. The molecule has 0 unspecified atom stereocenters. The van der Waals surface area contributed by atoms with Gasteiger partial charge in [0, 0.05) is 29.7 Å². The van der Waals surface area contributed by atoms with E-state index >= 15 is 0 Å². The van der Waals surface area contributed by atoms with E-state index in [-0.39, 0.29) is 35.7 Å². The van der Waals surface area contributed by atoms with Crippen molar-refractivity contribution in [2.45, 2.75) is 44.6 Å². The summed E-state index contributed by atoms with van der Waals surface area (Å²) in [4.78, 5) is 25.6. The first kappa shape index (κ1) is 30.2. The number of sulfonamides is 1. The minimum atomic E-state index is -3.57. The van der Waals surface area contributed by atoms with Gasteiger partial charge in [-0.05, 0) is 87.2 Å². The minimum absolute atomic E-state index is 0.241. The first-order valence-corrected chi connectivity index (χ1v) is 15.1. The summed E-state index contributed by atoms with van der Waals surface area (Å²) < 4.78 is 32.8. The number of nitrogens with one attached hydrogen (secondary N) is 2. The second-order valence-corrected chi connectivity index (χ2v) is 12.3. The topological polar surface area (TPSA) is 117 Å². The predicted molar refractivity (Wildman–Crippen MR) is 160 cm³/mol. The van der Waals surface area contributed by atoms with Crippen LogP contribution in [0.15, 0.2) is 82.8 Å². The van der Waals surface area contributed by atoms with E-state index in [9.17, 15) is 18.0 Å². The highest BCUT2D eigenvalue weighted by molar-refractivity contribution is 7.89. The fourth-order valence-corrected chi connectivity index (χ4v) is 6.14. The van der Waals surface area contributed by atoms with Gasteiger partial charge >= 0.3 is 0 Å². The molecule has 0 bridgehead atoms. The minimum Gasteiger partial charge on any atom is -0.481 e. The smallest absolute Gasteiger partial charge is 0.265 e. The number of anilines is 1. The average Bonchev–Trinajstić information content (AvgIpc) is 2.98. The van der Waals surface area contributed by atoms with Gasteiger partial charge in [-0.15, -0.1) is 0 Å². The molecule has 216 valence electrons. The van der Waals surface area contributed by atoms with E-state index in [1.165, 1.54) is 4.31 Å². The molecule has 41 heavy (non-hydrogen) atoms. The second-order valence-electron chi connectivity index (χ2n) is 9.90. The van der Waals surface area contributed by atoms with E-state index in [1.54, 1.807) is 86.6 Å². The van der Waals surface area contributed by atoms with Crippen LogP contribution >= 0.6 is 11.6 Å². The van der Waals surface area contributed by atoms with Crippen LogP contribution in [0.2, 0.25) is 5.02 Å². The molecule has 1 aliphatic heterocycles. The highest BCUT2D eigenvalue weighted by atomic mass is 35.5. The number of ether oxygens (including phenoxy) is 1. The Morgan fingerprint density at radius 3 is 2.32 bits per heavy atom. The molecule has 11 heteroatoms. The third-order valence-corrected chi connectivity index (χ3v) is 9.07. The maximum atomic E-state index is 12.8. The van der Waals surface area contributed by atoms with Gasteiger partial charge in [0.05, 0.1) is 10.6 Å². The summed E-state index contributed by atoms with van der Waals surface area (Å²) in [6.07, 6.45) is 0.111. The van der Waals surface area contributed by atoms with Gasteiger partial charge in [0.1, 0.15) is 5.75 Å². The summed E-state index contributed by atoms with van der Waals surface area (Å²) in [7, 11) is -3.57. The Hall–Kier alpha value is -3.73. The van der Waals surface area contributed by atoms with Gasteiger partial charge < -0.3 is 10.1 Å². The number of rotatable bonds is 9. The van der Waals surface area contributed by atoms with Crippen molar-refractivity contribution in [1.29, 1.82) is 0 Å². The summed E-state index contributed by atoms with van der Waals surface area (Å²) in [5, 5.41) is 7.66. The van der Waals surface area contributed by atoms with Gasteiger partial charge in [-0.3, -0.25) is 9.59 Å². The third kappa shape index (κ3) is 7.72. The molecule has 1 atom stereocenters. The zero-order valence-corrected chi connectivity index (χ0v) is 24.7. The normalized spacial score (nSPS) is 15.7. The number of hydrazone groups is 1. The molecular formula is C30H33ClN4O5S. The molecule has 0 saturated carbocycles. The molecule has 2 N–H and O–H groups in total. The van der Waals surface area contributed by atoms with Gasteiger partial charge in [-0.1, -0.05) is 41.9 Å². The Labute approximate surface area is 245 Å². The molecular weight excluding hydrogens is 564 g/mol. The molecule has 9 nitrogen and oxygen atoms in total. The number of hydrogen-bond donors (Lipinski definition) is 2. The Balaban J connectivity index is 1.26. The molecule has 0 aliphatic carbocycles. The fourth-order valence-electron chi connectivity index (χ4n) is 4.42. The Morgan fingerprint density at radius 1 is 1.02 bits per heavy atom. The summed E-state index contributed by atoms with van der Waals surface area (Å²) in [6.45, 7) is 5.85. The molecule has 3 aromatic rings. The van der Waals surface area contributed by atoms with Crippen molar-refractivity contribution in [2.24, 2.45) is 11.0 Å². The van der Waals surface area contributed by atoms with Crippen molar-refractivity contribution in [3.05, 3.63) is 88.9 Å². The van der Waals surface area contributed by atoms with Crippen LogP contribution in [0.1, 0.15) is 37.8 Å². The van der Waals surface area contributed by atoms with Gasteiger partial charge in [0.25, 0.3) is 5.91 Å².